The number of tetrazole rings is 1. The summed E-state index contributed by atoms with van der Waals surface area (Å²) < 4.78 is 1.47. The van der Waals surface area contributed by atoms with E-state index in [0.717, 1.165) is 16.7 Å². The van der Waals surface area contributed by atoms with Gasteiger partial charge in [0.1, 0.15) is 0 Å². The highest BCUT2D eigenvalue weighted by molar-refractivity contribution is 6.30. The maximum atomic E-state index is 13.3. The molecule has 33 heavy (non-hydrogen) atoms. The van der Waals surface area contributed by atoms with E-state index in [1.807, 2.05) is 30.3 Å². The standard InChI is InChI=1S/C22H19ClN8O2/c1-30-22(27-28-29-30)26-21-24-8-7-18(25-21)13-5-6-15-11-31(20(33)17(15)10-13)19(12-32)14-3-2-4-16(23)9-14/h2-10,19,32H,11-12H2,1H3,(H,24,25,26,27,29). The van der Waals surface area contributed by atoms with Crippen molar-refractivity contribution in [2.45, 2.75) is 12.6 Å². The van der Waals surface area contributed by atoms with Gasteiger partial charge in [-0.05, 0) is 45.8 Å². The molecule has 10 nitrogen and oxygen atoms in total. The average Bonchev–Trinajstić information content (AvgIpc) is 3.37. The van der Waals surface area contributed by atoms with Gasteiger partial charge in [-0.2, -0.15) is 0 Å². The normalized spacial score (nSPS) is 13.8. The molecule has 0 saturated carbocycles. The van der Waals surface area contributed by atoms with E-state index in [1.54, 1.807) is 36.3 Å². The SMILES string of the molecule is Cn1nnnc1Nc1nccc(-c2ccc3c(c2)C(=O)N(C(CO)c2cccc(Cl)c2)C3)n1. The highest BCUT2D eigenvalue weighted by Gasteiger charge is 2.33. The third-order valence-electron chi connectivity index (χ3n) is 5.52. The first kappa shape index (κ1) is 21.0. The Morgan fingerprint density at radius 2 is 2.09 bits per heavy atom. The van der Waals surface area contributed by atoms with Gasteiger partial charge in [-0.25, -0.2) is 14.6 Å². The zero-order chi connectivity index (χ0) is 22.9. The summed E-state index contributed by atoms with van der Waals surface area (Å²) in [6.07, 6.45) is 1.62. The molecule has 4 aromatic rings. The molecule has 0 fully saturated rings. The van der Waals surface area contributed by atoms with Crippen LogP contribution in [-0.4, -0.2) is 52.7 Å². The molecule has 2 aromatic carbocycles. The van der Waals surface area contributed by atoms with Crippen LogP contribution in [0.4, 0.5) is 11.9 Å². The van der Waals surface area contributed by atoms with E-state index < -0.39 is 6.04 Å². The molecule has 3 heterocycles. The number of hydrogen-bond acceptors (Lipinski definition) is 8. The number of nitrogens with one attached hydrogen (secondary N) is 1. The molecule has 5 rings (SSSR count). The summed E-state index contributed by atoms with van der Waals surface area (Å²) >= 11 is 6.12. The highest BCUT2D eigenvalue weighted by atomic mass is 35.5. The molecule has 1 unspecified atom stereocenters. The van der Waals surface area contributed by atoms with E-state index in [9.17, 15) is 9.90 Å². The van der Waals surface area contributed by atoms with E-state index in [0.29, 0.717) is 34.7 Å². The summed E-state index contributed by atoms with van der Waals surface area (Å²) in [5.74, 6) is 0.589. The Morgan fingerprint density at radius 3 is 2.85 bits per heavy atom. The lowest BCUT2D eigenvalue weighted by Gasteiger charge is -2.26. The molecule has 1 aliphatic rings. The number of carbonyl (C=O) groups is 1. The van der Waals surface area contributed by atoms with Gasteiger partial charge in [0.25, 0.3) is 5.91 Å². The van der Waals surface area contributed by atoms with E-state index in [4.69, 9.17) is 11.6 Å². The first-order valence-corrected chi connectivity index (χ1v) is 10.5. The largest absolute Gasteiger partial charge is 0.394 e. The van der Waals surface area contributed by atoms with Gasteiger partial charge in [0.2, 0.25) is 11.9 Å². The topological polar surface area (TPSA) is 122 Å². The second-order valence-corrected chi connectivity index (χ2v) is 8.01. The van der Waals surface area contributed by atoms with Gasteiger partial charge in [-0.15, -0.1) is 0 Å². The average molecular weight is 463 g/mol. The molecule has 1 aliphatic heterocycles. The smallest absolute Gasteiger partial charge is 0.255 e. The van der Waals surface area contributed by atoms with Crippen LogP contribution >= 0.6 is 11.6 Å². The van der Waals surface area contributed by atoms with Gasteiger partial charge in [-0.1, -0.05) is 41.0 Å². The van der Waals surface area contributed by atoms with Crippen LogP contribution in [0.3, 0.4) is 0 Å². The first-order valence-electron chi connectivity index (χ1n) is 10.2. The van der Waals surface area contributed by atoms with Crippen LogP contribution in [0.1, 0.15) is 27.5 Å². The molecule has 0 bridgehead atoms. The molecule has 0 radical (unpaired) electrons. The Kier molecular flexibility index (Phi) is 5.45. The molecule has 2 aromatic heterocycles. The maximum absolute atomic E-state index is 13.3. The fraction of sp³-hybridized carbons (Fsp3) is 0.182. The Balaban J connectivity index is 1.42. The van der Waals surface area contributed by atoms with Crippen molar-refractivity contribution in [2.24, 2.45) is 7.05 Å². The molecular weight excluding hydrogens is 444 g/mol. The molecule has 11 heteroatoms. The Labute approximate surface area is 193 Å². The molecule has 2 N–H and O–H groups in total. The zero-order valence-corrected chi connectivity index (χ0v) is 18.3. The zero-order valence-electron chi connectivity index (χ0n) is 17.6. The number of nitrogens with zero attached hydrogens (tertiary/aromatic N) is 7. The van der Waals surface area contributed by atoms with Crippen molar-refractivity contribution in [3.05, 3.63) is 76.4 Å². The number of aliphatic hydroxyl groups excluding tert-OH is 1. The van der Waals surface area contributed by atoms with Crippen LogP contribution in [-0.2, 0) is 13.6 Å². The number of benzene rings is 2. The van der Waals surface area contributed by atoms with Crippen molar-refractivity contribution in [3.8, 4) is 11.3 Å². The Hall–Kier alpha value is -3.89. The van der Waals surface area contributed by atoms with Crippen LogP contribution in [0, 0.1) is 0 Å². The molecule has 0 aliphatic carbocycles. The number of rotatable bonds is 6. The van der Waals surface area contributed by atoms with Crippen molar-refractivity contribution in [2.75, 3.05) is 11.9 Å². The van der Waals surface area contributed by atoms with Crippen molar-refractivity contribution in [1.29, 1.82) is 0 Å². The Morgan fingerprint density at radius 1 is 1.21 bits per heavy atom. The lowest BCUT2D eigenvalue weighted by molar-refractivity contribution is 0.0615. The third kappa shape index (κ3) is 4.01. The van der Waals surface area contributed by atoms with Crippen LogP contribution < -0.4 is 5.32 Å². The summed E-state index contributed by atoms with van der Waals surface area (Å²) in [6, 6.07) is 14.1. The number of fused-ring (bicyclic) bond motifs is 1. The van der Waals surface area contributed by atoms with Crippen molar-refractivity contribution in [1.82, 2.24) is 35.1 Å². The molecule has 0 spiro atoms. The second-order valence-electron chi connectivity index (χ2n) is 7.57. The van der Waals surface area contributed by atoms with Gasteiger partial charge >= 0.3 is 0 Å². The third-order valence-corrected chi connectivity index (χ3v) is 5.75. The summed E-state index contributed by atoms with van der Waals surface area (Å²) in [5, 5.41) is 24.8. The first-order chi connectivity index (χ1) is 16.0. The predicted molar refractivity (Wildman–Crippen MR) is 121 cm³/mol. The van der Waals surface area contributed by atoms with Crippen LogP contribution in [0.15, 0.2) is 54.7 Å². The highest BCUT2D eigenvalue weighted by Crippen LogP contribution is 2.34. The second kappa shape index (κ2) is 8.57. The van der Waals surface area contributed by atoms with Crippen molar-refractivity contribution >= 4 is 29.4 Å². The number of aromatic nitrogens is 6. The monoisotopic (exact) mass is 462 g/mol. The fourth-order valence-electron chi connectivity index (χ4n) is 3.85. The van der Waals surface area contributed by atoms with Crippen LogP contribution in [0.5, 0.6) is 0 Å². The van der Waals surface area contributed by atoms with E-state index in [2.05, 4.69) is 30.8 Å². The number of hydrogen-bond donors (Lipinski definition) is 2. The van der Waals surface area contributed by atoms with E-state index in [-0.39, 0.29) is 12.5 Å². The number of carbonyl (C=O) groups excluding carboxylic acids is 1. The maximum Gasteiger partial charge on any atom is 0.255 e. The van der Waals surface area contributed by atoms with Crippen LogP contribution in [0.25, 0.3) is 11.3 Å². The van der Waals surface area contributed by atoms with Gasteiger partial charge in [0.15, 0.2) is 0 Å². The molecule has 1 amide bonds. The molecule has 1 atom stereocenters. The number of aliphatic hydroxyl groups is 1. The minimum atomic E-state index is -0.484. The van der Waals surface area contributed by atoms with E-state index in [1.165, 1.54) is 4.68 Å². The number of aryl methyl sites for hydroxylation is 1. The van der Waals surface area contributed by atoms with E-state index >= 15 is 0 Å². The molecule has 0 saturated heterocycles. The number of halogens is 1. The van der Waals surface area contributed by atoms with Crippen molar-refractivity contribution in [3.63, 3.8) is 0 Å². The predicted octanol–water partition coefficient (Wildman–Crippen LogP) is 2.75. The summed E-state index contributed by atoms with van der Waals surface area (Å²) in [4.78, 5) is 23.7. The quantitative estimate of drug-likeness (QED) is 0.448. The molecule has 166 valence electrons. The minimum Gasteiger partial charge on any atom is -0.394 e. The van der Waals surface area contributed by atoms with Gasteiger partial charge in [-0.3, -0.25) is 10.1 Å². The van der Waals surface area contributed by atoms with Crippen molar-refractivity contribution < 1.29 is 9.90 Å². The lowest BCUT2D eigenvalue weighted by Crippen LogP contribution is -2.31. The Bertz CT molecular complexity index is 1340. The molecular formula is C22H19ClN8O2. The minimum absolute atomic E-state index is 0.150. The number of amides is 1. The fourth-order valence-corrected chi connectivity index (χ4v) is 4.05. The van der Waals surface area contributed by atoms with Gasteiger partial charge < -0.3 is 10.0 Å². The van der Waals surface area contributed by atoms with Crippen LogP contribution in [0.2, 0.25) is 5.02 Å². The summed E-state index contributed by atoms with van der Waals surface area (Å²) in [5.41, 5.74) is 3.68. The number of anilines is 2. The summed E-state index contributed by atoms with van der Waals surface area (Å²) in [7, 11) is 1.70. The van der Waals surface area contributed by atoms with Gasteiger partial charge in [0.05, 0.1) is 18.3 Å². The summed E-state index contributed by atoms with van der Waals surface area (Å²) in [6.45, 7) is 0.201. The lowest BCUT2D eigenvalue weighted by atomic mass is 10.0. The van der Waals surface area contributed by atoms with Gasteiger partial charge in [0, 0.05) is 35.9 Å².